The average Bonchev–Trinajstić information content (AvgIpc) is 2.38. The monoisotopic (exact) mass is 267 g/mol. The van der Waals surface area contributed by atoms with Crippen LogP contribution in [0.3, 0.4) is 0 Å². The minimum atomic E-state index is -0.270. The Labute approximate surface area is 112 Å². The molecular formula is C13H18ClN3O. The number of hydrogen-bond donors (Lipinski definition) is 2. The zero-order valence-electron chi connectivity index (χ0n) is 10.2. The molecule has 1 unspecified atom stereocenters. The normalized spacial score (nSPS) is 19.9. The van der Waals surface area contributed by atoms with E-state index in [4.69, 9.17) is 23.1 Å². The van der Waals surface area contributed by atoms with Crippen LogP contribution in [0.1, 0.15) is 24.8 Å². The molecule has 18 heavy (non-hydrogen) atoms. The standard InChI is InChI=1S/C13H18ClN3O/c14-11-7-10(5-4-9(11)8-15)17-6-2-1-3-12(17)13(16)18/h4-5,7,12H,1-3,6,8,15H2,(H2,16,18). The van der Waals surface area contributed by atoms with Crippen LogP contribution < -0.4 is 16.4 Å². The fraction of sp³-hybridized carbons (Fsp3) is 0.462. The molecule has 1 aromatic carbocycles. The van der Waals surface area contributed by atoms with Gasteiger partial charge in [-0.1, -0.05) is 17.7 Å². The van der Waals surface area contributed by atoms with Crippen molar-refractivity contribution >= 4 is 23.2 Å². The van der Waals surface area contributed by atoms with Gasteiger partial charge >= 0.3 is 0 Å². The summed E-state index contributed by atoms with van der Waals surface area (Å²) < 4.78 is 0. The molecule has 1 aromatic rings. The highest BCUT2D eigenvalue weighted by molar-refractivity contribution is 6.31. The Morgan fingerprint density at radius 3 is 2.83 bits per heavy atom. The van der Waals surface area contributed by atoms with Crippen molar-refractivity contribution in [2.45, 2.75) is 31.8 Å². The first-order valence-corrected chi connectivity index (χ1v) is 6.55. The van der Waals surface area contributed by atoms with E-state index in [-0.39, 0.29) is 11.9 Å². The molecule has 0 aromatic heterocycles. The molecule has 4 nitrogen and oxygen atoms in total. The Hall–Kier alpha value is -1.26. The number of halogens is 1. The van der Waals surface area contributed by atoms with Gasteiger partial charge < -0.3 is 16.4 Å². The lowest BCUT2D eigenvalue weighted by molar-refractivity contribution is -0.119. The first-order chi connectivity index (χ1) is 8.63. The number of rotatable bonds is 3. The molecule has 1 amide bonds. The fourth-order valence-electron chi connectivity index (χ4n) is 2.42. The molecule has 98 valence electrons. The Morgan fingerprint density at radius 1 is 1.44 bits per heavy atom. The van der Waals surface area contributed by atoms with Crippen LogP contribution >= 0.6 is 11.6 Å². The predicted octanol–water partition coefficient (Wildman–Crippen LogP) is 1.64. The van der Waals surface area contributed by atoms with Crippen LogP contribution in [0.25, 0.3) is 0 Å². The Bertz CT molecular complexity index is 450. The molecule has 1 fully saturated rings. The lowest BCUT2D eigenvalue weighted by Crippen LogP contribution is -2.47. The molecule has 1 heterocycles. The Kier molecular flexibility index (Phi) is 4.09. The third-order valence-electron chi connectivity index (χ3n) is 3.42. The van der Waals surface area contributed by atoms with Gasteiger partial charge in [0.15, 0.2) is 0 Å². The maximum Gasteiger partial charge on any atom is 0.240 e. The number of piperidine rings is 1. The molecule has 0 radical (unpaired) electrons. The predicted molar refractivity (Wildman–Crippen MR) is 73.5 cm³/mol. The van der Waals surface area contributed by atoms with Gasteiger partial charge in [-0.25, -0.2) is 0 Å². The third kappa shape index (κ3) is 2.60. The minimum Gasteiger partial charge on any atom is -0.368 e. The number of benzene rings is 1. The van der Waals surface area contributed by atoms with E-state index in [0.717, 1.165) is 37.1 Å². The molecule has 0 spiro atoms. The fourth-order valence-corrected chi connectivity index (χ4v) is 2.67. The number of carbonyl (C=O) groups excluding carboxylic acids is 1. The van der Waals surface area contributed by atoms with Gasteiger partial charge in [-0.05, 0) is 37.0 Å². The highest BCUT2D eigenvalue weighted by Crippen LogP contribution is 2.28. The van der Waals surface area contributed by atoms with Crippen molar-refractivity contribution in [1.82, 2.24) is 0 Å². The second-order valence-corrected chi connectivity index (χ2v) is 4.99. The van der Waals surface area contributed by atoms with Crippen molar-refractivity contribution in [2.75, 3.05) is 11.4 Å². The van der Waals surface area contributed by atoms with Gasteiger partial charge in [0.05, 0.1) is 0 Å². The molecule has 5 heteroatoms. The van der Waals surface area contributed by atoms with Crippen LogP contribution in [-0.4, -0.2) is 18.5 Å². The van der Waals surface area contributed by atoms with Crippen molar-refractivity contribution < 1.29 is 4.79 Å². The van der Waals surface area contributed by atoms with Crippen molar-refractivity contribution in [3.63, 3.8) is 0 Å². The van der Waals surface area contributed by atoms with Crippen LogP contribution in [0.4, 0.5) is 5.69 Å². The summed E-state index contributed by atoms with van der Waals surface area (Å²) in [5, 5.41) is 0.642. The lowest BCUT2D eigenvalue weighted by Gasteiger charge is -2.35. The highest BCUT2D eigenvalue weighted by Gasteiger charge is 2.27. The van der Waals surface area contributed by atoms with E-state index in [9.17, 15) is 4.79 Å². The van der Waals surface area contributed by atoms with Crippen molar-refractivity contribution in [2.24, 2.45) is 11.5 Å². The van der Waals surface area contributed by atoms with Crippen LogP contribution in [0.2, 0.25) is 5.02 Å². The smallest absolute Gasteiger partial charge is 0.240 e. The molecule has 1 aliphatic rings. The summed E-state index contributed by atoms with van der Waals surface area (Å²) in [5.74, 6) is -0.270. The number of nitrogens with zero attached hydrogens (tertiary/aromatic N) is 1. The molecule has 1 atom stereocenters. The summed E-state index contributed by atoms with van der Waals surface area (Å²) >= 11 is 6.15. The van der Waals surface area contributed by atoms with Crippen molar-refractivity contribution in [3.05, 3.63) is 28.8 Å². The van der Waals surface area contributed by atoms with Gasteiger partial charge in [-0.2, -0.15) is 0 Å². The maximum absolute atomic E-state index is 11.5. The topological polar surface area (TPSA) is 72.3 Å². The Balaban J connectivity index is 2.28. The largest absolute Gasteiger partial charge is 0.368 e. The molecular weight excluding hydrogens is 250 g/mol. The summed E-state index contributed by atoms with van der Waals surface area (Å²) in [4.78, 5) is 13.5. The lowest BCUT2D eigenvalue weighted by atomic mass is 10.0. The number of carbonyl (C=O) groups is 1. The SMILES string of the molecule is NCc1ccc(N2CCCCC2C(N)=O)cc1Cl. The van der Waals surface area contributed by atoms with Crippen LogP contribution in [0, 0.1) is 0 Å². The van der Waals surface area contributed by atoms with E-state index >= 15 is 0 Å². The summed E-state index contributed by atoms with van der Waals surface area (Å²) in [6, 6.07) is 5.50. The molecule has 0 aliphatic carbocycles. The van der Waals surface area contributed by atoms with Crippen molar-refractivity contribution in [1.29, 1.82) is 0 Å². The number of anilines is 1. The first kappa shape index (κ1) is 13.2. The van der Waals surface area contributed by atoms with Gasteiger partial charge in [0, 0.05) is 23.8 Å². The quantitative estimate of drug-likeness (QED) is 0.875. The molecule has 1 aliphatic heterocycles. The van der Waals surface area contributed by atoms with Crippen molar-refractivity contribution in [3.8, 4) is 0 Å². The summed E-state index contributed by atoms with van der Waals surface area (Å²) in [7, 11) is 0. The van der Waals surface area contributed by atoms with E-state index in [1.807, 2.05) is 23.1 Å². The van der Waals surface area contributed by atoms with E-state index in [1.54, 1.807) is 0 Å². The third-order valence-corrected chi connectivity index (χ3v) is 3.77. The van der Waals surface area contributed by atoms with Gasteiger partial charge in [0.2, 0.25) is 5.91 Å². The molecule has 0 bridgehead atoms. The van der Waals surface area contributed by atoms with Gasteiger partial charge in [0.25, 0.3) is 0 Å². The van der Waals surface area contributed by atoms with Gasteiger partial charge in [-0.3, -0.25) is 4.79 Å². The first-order valence-electron chi connectivity index (χ1n) is 6.18. The van der Waals surface area contributed by atoms with Crippen LogP contribution in [0.5, 0.6) is 0 Å². The number of nitrogens with two attached hydrogens (primary N) is 2. The molecule has 1 saturated heterocycles. The zero-order chi connectivity index (χ0) is 13.1. The summed E-state index contributed by atoms with van der Waals surface area (Å²) in [5.41, 5.74) is 12.9. The van der Waals surface area contributed by atoms with Crippen LogP contribution in [0.15, 0.2) is 18.2 Å². The summed E-state index contributed by atoms with van der Waals surface area (Å²) in [6.45, 7) is 1.25. The number of amides is 1. The second kappa shape index (κ2) is 5.59. The number of primary amides is 1. The highest BCUT2D eigenvalue weighted by atomic mass is 35.5. The van der Waals surface area contributed by atoms with E-state index in [2.05, 4.69) is 0 Å². The molecule has 2 rings (SSSR count). The minimum absolute atomic E-state index is 0.224. The van der Waals surface area contributed by atoms with E-state index < -0.39 is 0 Å². The van der Waals surface area contributed by atoms with Gasteiger partial charge in [0.1, 0.15) is 6.04 Å². The van der Waals surface area contributed by atoms with Crippen LogP contribution in [-0.2, 0) is 11.3 Å². The van der Waals surface area contributed by atoms with Gasteiger partial charge in [-0.15, -0.1) is 0 Å². The summed E-state index contributed by atoms with van der Waals surface area (Å²) in [6.07, 6.45) is 2.92. The zero-order valence-corrected chi connectivity index (χ0v) is 11.0. The van der Waals surface area contributed by atoms with E-state index in [1.165, 1.54) is 0 Å². The Morgan fingerprint density at radius 2 is 2.22 bits per heavy atom. The molecule has 4 N–H and O–H groups in total. The maximum atomic E-state index is 11.5. The number of hydrogen-bond acceptors (Lipinski definition) is 3. The second-order valence-electron chi connectivity index (χ2n) is 4.59. The molecule has 0 saturated carbocycles. The van der Waals surface area contributed by atoms with E-state index in [0.29, 0.717) is 11.6 Å². The average molecular weight is 268 g/mol.